The quantitative estimate of drug-likeness (QED) is 0.873. The third-order valence-electron chi connectivity index (χ3n) is 4.38. The summed E-state index contributed by atoms with van der Waals surface area (Å²) in [4.78, 5) is 14.2. The zero-order valence-electron chi connectivity index (χ0n) is 13.2. The molecule has 1 atom stereocenters. The summed E-state index contributed by atoms with van der Waals surface area (Å²) >= 11 is 3.45. The van der Waals surface area contributed by atoms with Crippen LogP contribution < -0.4 is 10.1 Å². The third kappa shape index (κ3) is 4.61. The molecule has 0 spiro atoms. The van der Waals surface area contributed by atoms with Gasteiger partial charge in [-0.05, 0) is 37.3 Å². The van der Waals surface area contributed by atoms with Crippen molar-refractivity contribution in [1.82, 2.24) is 10.2 Å². The summed E-state index contributed by atoms with van der Waals surface area (Å²) in [5.74, 6) is 1.43. The molecule has 3 rings (SSSR count). The molecule has 0 saturated carbocycles. The van der Waals surface area contributed by atoms with Crippen LogP contribution in [0.5, 0.6) is 5.75 Å². The van der Waals surface area contributed by atoms with Crippen molar-refractivity contribution in [3.05, 3.63) is 28.2 Å². The van der Waals surface area contributed by atoms with Crippen molar-refractivity contribution in [3.63, 3.8) is 0 Å². The van der Waals surface area contributed by atoms with Crippen molar-refractivity contribution in [1.29, 1.82) is 0 Å². The average molecular weight is 383 g/mol. The second-order valence-corrected chi connectivity index (χ2v) is 7.04. The number of fused-ring (bicyclic) bond motifs is 1. The van der Waals surface area contributed by atoms with Crippen LogP contribution in [0.2, 0.25) is 0 Å². The molecule has 23 heavy (non-hydrogen) atoms. The van der Waals surface area contributed by atoms with Crippen LogP contribution in [0.4, 0.5) is 4.79 Å². The van der Waals surface area contributed by atoms with Gasteiger partial charge in [0.15, 0.2) is 0 Å². The summed E-state index contributed by atoms with van der Waals surface area (Å²) in [6, 6.07) is 5.93. The molecule has 0 aromatic heterocycles. The Balaban J connectivity index is 1.50. The highest BCUT2D eigenvalue weighted by Crippen LogP contribution is 2.27. The van der Waals surface area contributed by atoms with Crippen LogP contribution in [-0.2, 0) is 11.3 Å². The molecule has 0 radical (unpaired) electrons. The number of hydrogen-bond donors (Lipinski definition) is 1. The maximum absolute atomic E-state index is 12.4. The molecule has 0 aliphatic carbocycles. The molecule has 2 heterocycles. The highest BCUT2D eigenvalue weighted by atomic mass is 79.9. The number of amides is 2. The summed E-state index contributed by atoms with van der Waals surface area (Å²) in [5.41, 5.74) is 1.04. The van der Waals surface area contributed by atoms with Crippen LogP contribution in [0, 0.1) is 5.92 Å². The van der Waals surface area contributed by atoms with Gasteiger partial charge in [0, 0.05) is 29.8 Å². The van der Waals surface area contributed by atoms with Crippen molar-refractivity contribution in [3.8, 4) is 5.75 Å². The van der Waals surface area contributed by atoms with E-state index in [1.807, 2.05) is 23.1 Å². The van der Waals surface area contributed by atoms with E-state index in [0.29, 0.717) is 32.2 Å². The Hall–Kier alpha value is -1.27. The monoisotopic (exact) mass is 382 g/mol. The van der Waals surface area contributed by atoms with E-state index >= 15 is 0 Å². The van der Waals surface area contributed by atoms with Gasteiger partial charge in [0.05, 0.1) is 13.1 Å². The molecular weight excluding hydrogens is 360 g/mol. The molecule has 2 aliphatic rings. The molecular formula is C17H23BrN2O3. The summed E-state index contributed by atoms with van der Waals surface area (Å²) in [6.07, 6.45) is 3.32. The Morgan fingerprint density at radius 2 is 2.30 bits per heavy atom. The predicted octanol–water partition coefficient (Wildman–Crippen LogP) is 3.17. The molecule has 0 bridgehead atoms. The number of hydrogen-bond acceptors (Lipinski definition) is 3. The van der Waals surface area contributed by atoms with E-state index in [-0.39, 0.29) is 6.03 Å². The second kappa shape index (κ2) is 8.02. The highest BCUT2D eigenvalue weighted by molar-refractivity contribution is 9.10. The van der Waals surface area contributed by atoms with Crippen LogP contribution >= 0.6 is 15.9 Å². The minimum absolute atomic E-state index is 0.0129. The first-order valence-electron chi connectivity index (χ1n) is 8.24. The first kappa shape index (κ1) is 16.6. The van der Waals surface area contributed by atoms with Gasteiger partial charge in [-0.3, -0.25) is 0 Å². The lowest BCUT2D eigenvalue weighted by Crippen LogP contribution is -2.41. The number of carbonyl (C=O) groups excluding carboxylic acids is 1. The maximum atomic E-state index is 12.4. The summed E-state index contributed by atoms with van der Waals surface area (Å²) < 4.78 is 12.2. The zero-order valence-corrected chi connectivity index (χ0v) is 14.8. The Morgan fingerprint density at radius 1 is 1.39 bits per heavy atom. The number of carbonyl (C=O) groups is 1. The SMILES string of the molecule is O=C(NCCC1CCCOC1)N1CCOc2cc(Br)ccc2C1. The second-order valence-electron chi connectivity index (χ2n) is 6.13. The van der Waals surface area contributed by atoms with Crippen LogP contribution in [0.15, 0.2) is 22.7 Å². The number of nitrogens with zero attached hydrogens (tertiary/aromatic N) is 1. The fraction of sp³-hybridized carbons (Fsp3) is 0.588. The van der Waals surface area contributed by atoms with E-state index in [0.717, 1.165) is 41.8 Å². The van der Waals surface area contributed by atoms with E-state index < -0.39 is 0 Å². The molecule has 1 aromatic rings. The molecule has 5 nitrogen and oxygen atoms in total. The van der Waals surface area contributed by atoms with Crippen molar-refractivity contribution >= 4 is 22.0 Å². The molecule has 1 saturated heterocycles. The van der Waals surface area contributed by atoms with E-state index in [1.165, 1.54) is 6.42 Å². The molecule has 1 fully saturated rings. The fourth-order valence-corrected chi connectivity index (χ4v) is 3.39. The predicted molar refractivity (Wildman–Crippen MR) is 91.6 cm³/mol. The summed E-state index contributed by atoms with van der Waals surface area (Å²) in [5, 5.41) is 3.04. The van der Waals surface area contributed by atoms with Crippen molar-refractivity contribution in [2.75, 3.05) is 32.9 Å². The average Bonchev–Trinajstić information content (AvgIpc) is 2.77. The standard InChI is InChI=1S/C17H23BrN2O3/c18-15-4-3-14-11-20(7-9-23-16(14)10-15)17(21)19-6-5-13-2-1-8-22-12-13/h3-4,10,13H,1-2,5-9,11-12H2,(H,19,21). The minimum atomic E-state index is -0.0129. The Labute approximate surface area is 145 Å². The number of rotatable bonds is 3. The first-order chi connectivity index (χ1) is 11.2. The minimum Gasteiger partial charge on any atom is -0.491 e. The van der Waals surface area contributed by atoms with Crippen molar-refractivity contribution < 1.29 is 14.3 Å². The molecule has 1 unspecified atom stereocenters. The van der Waals surface area contributed by atoms with E-state index in [4.69, 9.17) is 9.47 Å². The van der Waals surface area contributed by atoms with Gasteiger partial charge in [0.1, 0.15) is 12.4 Å². The van der Waals surface area contributed by atoms with E-state index in [9.17, 15) is 4.79 Å². The molecule has 6 heteroatoms. The summed E-state index contributed by atoms with van der Waals surface area (Å²) in [6.45, 7) is 4.12. The number of halogens is 1. The molecule has 1 aromatic carbocycles. The lowest BCUT2D eigenvalue weighted by Gasteiger charge is -2.24. The maximum Gasteiger partial charge on any atom is 0.317 e. The van der Waals surface area contributed by atoms with Crippen LogP contribution in [0.3, 0.4) is 0 Å². The van der Waals surface area contributed by atoms with Gasteiger partial charge < -0.3 is 19.7 Å². The molecule has 1 N–H and O–H groups in total. The molecule has 126 valence electrons. The van der Waals surface area contributed by atoms with Crippen LogP contribution in [0.1, 0.15) is 24.8 Å². The topological polar surface area (TPSA) is 50.8 Å². The van der Waals surface area contributed by atoms with Gasteiger partial charge in [-0.15, -0.1) is 0 Å². The van der Waals surface area contributed by atoms with Gasteiger partial charge >= 0.3 is 6.03 Å². The van der Waals surface area contributed by atoms with E-state index in [1.54, 1.807) is 0 Å². The fourth-order valence-electron chi connectivity index (χ4n) is 3.05. The number of urea groups is 1. The van der Waals surface area contributed by atoms with E-state index in [2.05, 4.69) is 21.2 Å². The normalized spacial score (nSPS) is 21.1. The zero-order chi connectivity index (χ0) is 16.1. The number of nitrogens with one attached hydrogen (secondary N) is 1. The Kier molecular flexibility index (Phi) is 5.78. The Bertz CT molecular complexity index is 547. The van der Waals surface area contributed by atoms with Gasteiger partial charge in [-0.1, -0.05) is 22.0 Å². The van der Waals surface area contributed by atoms with Gasteiger partial charge in [-0.25, -0.2) is 4.79 Å². The Morgan fingerprint density at radius 3 is 3.13 bits per heavy atom. The summed E-state index contributed by atoms with van der Waals surface area (Å²) in [7, 11) is 0. The van der Waals surface area contributed by atoms with Gasteiger partial charge in [0.2, 0.25) is 0 Å². The van der Waals surface area contributed by atoms with Crippen molar-refractivity contribution in [2.45, 2.75) is 25.8 Å². The van der Waals surface area contributed by atoms with Crippen LogP contribution in [-0.4, -0.2) is 43.8 Å². The smallest absolute Gasteiger partial charge is 0.317 e. The number of benzene rings is 1. The van der Waals surface area contributed by atoms with Gasteiger partial charge in [-0.2, -0.15) is 0 Å². The van der Waals surface area contributed by atoms with Crippen LogP contribution in [0.25, 0.3) is 0 Å². The first-order valence-corrected chi connectivity index (χ1v) is 9.03. The van der Waals surface area contributed by atoms with Gasteiger partial charge in [0.25, 0.3) is 0 Å². The lowest BCUT2D eigenvalue weighted by atomic mass is 9.99. The number of ether oxygens (including phenoxy) is 2. The lowest BCUT2D eigenvalue weighted by molar-refractivity contribution is 0.0518. The highest BCUT2D eigenvalue weighted by Gasteiger charge is 2.20. The van der Waals surface area contributed by atoms with Crippen molar-refractivity contribution in [2.24, 2.45) is 5.92 Å². The largest absolute Gasteiger partial charge is 0.491 e. The third-order valence-corrected chi connectivity index (χ3v) is 4.87. The molecule has 2 amide bonds. The molecule has 2 aliphatic heterocycles.